The minimum atomic E-state index is -3.53. The Morgan fingerprint density at radius 1 is 1.12 bits per heavy atom. The van der Waals surface area contributed by atoms with Gasteiger partial charge in [-0.15, -0.1) is 0 Å². The number of nitrogens with zero attached hydrogens (tertiary/aromatic N) is 1. The fourth-order valence-electron chi connectivity index (χ4n) is 2.05. The van der Waals surface area contributed by atoms with E-state index in [9.17, 15) is 22.9 Å². The number of rotatable bonds is 9. The van der Waals surface area contributed by atoms with Crippen molar-refractivity contribution in [2.24, 2.45) is 0 Å². The Hall–Kier alpha value is -1.97. The van der Waals surface area contributed by atoms with E-state index in [2.05, 4.69) is 4.72 Å². The van der Waals surface area contributed by atoms with Gasteiger partial charge in [-0.2, -0.15) is 11.8 Å². The molecule has 2 aromatic rings. The van der Waals surface area contributed by atoms with Gasteiger partial charge >= 0.3 is 0 Å². The van der Waals surface area contributed by atoms with Gasteiger partial charge in [-0.25, -0.2) is 17.5 Å². The highest BCUT2D eigenvalue weighted by Crippen LogP contribution is 2.15. The van der Waals surface area contributed by atoms with Crippen LogP contribution in [0.3, 0.4) is 0 Å². The maximum absolute atomic E-state index is 13.4. The van der Waals surface area contributed by atoms with Crippen molar-refractivity contribution in [3.8, 4) is 0 Å². The molecule has 1 N–H and O–H groups in total. The fourth-order valence-corrected chi connectivity index (χ4v) is 4.17. The molecule has 2 rings (SSSR count). The molecule has 0 unspecified atom stereocenters. The summed E-state index contributed by atoms with van der Waals surface area (Å²) in [5.41, 5.74) is 0.969. The van der Waals surface area contributed by atoms with Crippen LogP contribution < -0.4 is 4.72 Å². The van der Waals surface area contributed by atoms with Gasteiger partial charge in [0.2, 0.25) is 10.0 Å². The van der Waals surface area contributed by atoms with Crippen LogP contribution in [0, 0.1) is 15.9 Å². The Labute approximate surface area is 149 Å². The maximum atomic E-state index is 13.4. The standard InChI is InChI=1S/C16H17FN2O4S2/c17-16-4-2-1-3-14(16)11-24-10-9-18-25(22,23)12-13-5-7-15(8-6-13)19(20)21/h1-8,18H,9-12H2. The second kappa shape index (κ2) is 8.93. The van der Waals surface area contributed by atoms with Crippen molar-refractivity contribution in [2.45, 2.75) is 11.5 Å². The van der Waals surface area contributed by atoms with Crippen molar-refractivity contribution < 1.29 is 17.7 Å². The second-order valence-electron chi connectivity index (χ2n) is 5.22. The number of thioether (sulfide) groups is 1. The number of nitro groups is 1. The van der Waals surface area contributed by atoms with Crippen LogP contribution in [0.2, 0.25) is 0 Å². The largest absolute Gasteiger partial charge is 0.269 e. The molecule has 134 valence electrons. The Morgan fingerprint density at radius 2 is 1.80 bits per heavy atom. The van der Waals surface area contributed by atoms with E-state index in [1.165, 1.54) is 42.1 Å². The Morgan fingerprint density at radius 3 is 2.44 bits per heavy atom. The van der Waals surface area contributed by atoms with E-state index in [4.69, 9.17) is 0 Å². The molecule has 9 heteroatoms. The number of hydrogen-bond donors (Lipinski definition) is 1. The number of nitrogens with one attached hydrogen (secondary N) is 1. The highest BCUT2D eigenvalue weighted by atomic mass is 32.2. The fraction of sp³-hybridized carbons (Fsp3) is 0.250. The molecule has 2 aromatic carbocycles. The van der Waals surface area contributed by atoms with Crippen LogP contribution in [0.1, 0.15) is 11.1 Å². The van der Waals surface area contributed by atoms with Crippen molar-refractivity contribution >= 4 is 27.5 Å². The molecule has 0 saturated carbocycles. The summed E-state index contributed by atoms with van der Waals surface area (Å²) in [5, 5.41) is 10.6. The van der Waals surface area contributed by atoms with Gasteiger partial charge in [0.15, 0.2) is 0 Å². The molecule has 0 saturated heterocycles. The van der Waals surface area contributed by atoms with Crippen LogP contribution >= 0.6 is 11.8 Å². The highest BCUT2D eigenvalue weighted by Gasteiger charge is 2.12. The van der Waals surface area contributed by atoms with Gasteiger partial charge in [0.25, 0.3) is 5.69 Å². The summed E-state index contributed by atoms with van der Waals surface area (Å²) in [6.45, 7) is 0.231. The van der Waals surface area contributed by atoms with Gasteiger partial charge in [-0.05, 0) is 17.2 Å². The molecule has 0 aliphatic rings. The van der Waals surface area contributed by atoms with Gasteiger partial charge in [0.1, 0.15) is 5.82 Å². The van der Waals surface area contributed by atoms with E-state index in [1.54, 1.807) is 18.2 Å². The third-order valence-electron chi connectivity index (χ3n) is 3.29. The van der Waals surface area contributed by atoms with Crippen LogP contribution in [-0.4, -0.2) is 25.6 Å². The third kappa shape index (κ3) is 6.45. The zero-order valence-corrected chi connectivity index (χ0v) is 14.9. The van der Waals surface area contributed by atoms with E-state index in [0.29, 0.717) is 22.6 Å². The molecule has 25 heavy (non-hydrogen) atoms. The van der Waals surface area contributed by atoms with Crippen molar-refractivity contribution in [1.82, 2.24) is 4.72 Å². The predicted octanol–water partition coefficient (Wildman–Crippen LogP) is 3.09. The number of nitro benzene ring substituents is 1. The molecule has 0 atom stereocenters. The van der Waals surface area contributed by atoms with Gasteiger partial charge in [-0.1, -0.05) is 30.3 Å². The number of non-ortho nitro benzene ring substituents is 1. The zero-order chi connectivity index (χ0) is 18.3. The van der Waals surface area contributed by atoms with Crippen LogP contribution in [0.5, 0.6) is 0 Å². The summed E-state index contributed by atoms with van der Waals surface area (Å²) in [7, 11) is -3.53. The molecular formula is C16H17FN2O4S2. The lowest BCUT2D eigenvalue weighted by Gasteiger charge is -2.07. The SMILES string of the molecule is O=[N+]([O-])c1ccc(CS(=O)(=O)NCCSCc2ccccc2F)cc1. The van der Waals surface area contributed by atoms with E-state index in [0.717, 1.165) is 0 Å². The summed E-state index contributed by atoms with van der Waals surface area (Å²) in [5.74, 6) is 0.460. The molecule has 0 radical (unpaired) electrons. The first-order valence-corrected chi connectivity index (χ1v) is 10.2. The van der Waals surface area contributed by atoms with E-state index < -0.39 is 14.9 Å². The third-order valence-corrected chi connectivity index (χ3v) is 5.65. The first-order valence-electron chi connectivity index (χ1n) is 7.39. The van der Waals surface area contributed by atoms with Crippen LogP contribution in [-0.2, 0) is 21.5 Å². The van der Waals surface area contributed by atoms with Crippen molar-refractivity contribution in [2.75, 3.05) is 12.3 Å². The van der Waals surface area contributed by atoms with E-state index >= 15 is 0 Å². The van der Waals surface area contributed by atoms with Crippen molar-refractivity contribution in [1.29, 1.82) is 0 Å². The second-order valence-corrected chi connectivity index (χ2v) is 8.13. The summed E-state index contributed by atoms with van der Waals surface area (Å²) >= 11 is 1.43. The number of sulfonamides is 1. The Kier molecular flexibility index (Phi) is 6.91. The lowest BCUT2D eigenvalue weighted by Crippen LogP contribution is -2.27. The van der Waals surface area contributed by atoms with Gasteiger partial charge in [-0.3, -0.25) is 10.1 Å². The molecule has 6 nitrogen and oxygen atoms in total. The lowest BCUT2D eigenvalue weighted by atomic mass is 10.2. The first kappa shape index (κ1) is 19.4. The summed E-state index contributed by atoms with van der Waals surface area (Å²) in [6.07, 6.45) is 0. The molecule has 0 bridgehead atoms. The van der Waals surface area contributed by atoms with E-state index in [-0.39, 0.29) is 23.8 Å². The molecule has 0 spiro atoms. The molecule has 0 heterocycles. The Balaban J connectivity index is 1.75. The van der Waals surface area contributed by atoms with Crippen LogP contribution in [0.15, 0.2) is 48.5 Å². The Bertz CT molecular complexity index is 826. The van der Waals surface area contributed by atoms with E-state index in [1.807, 2.05) is 0 Å². The molecular weight excluding hydrogens is 367 g/mol. The zero-order valence-electron chi connectivity index (χ0n) is 13.2. The molecule has 0 aromatic heterocycles. The van der Waals surface area contributed by atoms with Crippen LogP contribution in [0.25, 0.3) is 0 Å². The molecule has 0 aliphatic carbocycles. The highest BCUT2D eigenvalue weighted by molar-refractivity contribution is 7.98. The predicted molar refractivity (Wildman–Crippen MR) is 96.3 cm³/mol. The first-order chi connectivity index (χ1) is 11.9. The summed E-state index contributed by atoms with van der Waals surface area (Å²) in [6, 6.07) is 11.9. The van der Waals surface area contributed by atoms with Gasteiger partial charge < -0.3 is 0 Å². The van der Waals surface area contributed by atoms with Crippen molar-refractivity contribution in [3.05, 3.63) is 75.6 Å². The smallest absolute Gasteiger partial charge is 0.258 e. The molecule has 0 fully saturated rings. The normalized spacial score (nSPS) is 11.4. The van der Waals surface area contributed by atoms with Gasteiger partial charge in [0, 0.05) is 30.2 Å². The minimum Gasteiger partial charge on any atom is -0.258 e. The average molecular weight is 384 g/mol. The summed E-state index contributed by atoms with van der Waals surface area (Å²) in [4.78, 5) is 10.0. The van der Waals surface area contributed by atoms with Crippen LogP contribution in [0.4, 0.5) is 10.1 Å². The number of hydrogen-bond acceptors (Lipinski definition) is 5. The average Bonchev–Trinajstić information content (AvgIpc) is 2.56. The molecule has 0 amide bonds. The van der Waals surface area contributed by atoms with Crippen molar-refractivity contribution in [3.63, 3.8) is 0 Å². The maximum Gasteiger partial charge on any atom is 0.269 e. The summed E-state index contributed by atoms with van der Waals surface area (Å²) < 4.78 is 39.9. The monoisotopic (exact) mass is 384 g/mol. The number of benzene rings is 2. The van der Waals surface area contributed by atoms with Gasteiger partial charge in [0.05, 0.1) is 10.7 Å². The topological polar surface area (TPSA) is 89.3 Å². The number of halogens is 1. The molecule has 0 aliphatic heterocycles. The lowest BCUT2D eigenvalue weighted by molar-refractivity contribution is -0.384. The quantitative estimate of drug-likeness (QED) is 0.408. The minimum absolute atomic E-state index is 0.0846.